The van der Waals surface area contributed by atoms with Crippen molar-refractivity contribution < 1.29 is 4.39 Å². The Morgan fingerprint density at radius 3 is 2.53 bits per heavy atom. The molecule has 2 aromatic rings. The molecule has 0 unspecified atom stereocenters. The number of benzene rings is 1. The molecule has 2 fully saturated rings. The van der Waals surface area contributed by atoms with Gasteiger partial charge in [-0.05, 0) is 62.9 Å². The highest BCUT2D eigenvalue weighted by Crippen LogP contribution is 2.29. The number of aromatic nitrogens is 2. The van der Waals surface area contributed by atoms with Gasteiger partial charge in [-0.2, -0.15) is 5.10 Å². The van der Waals surface area contributed by atoms with Gasteiger partial charge in [0.05, 0.1) is 11.4 Å². The van der Waals surface area contributed by atoms with Crippen molar-refractivity contribution in [3.8, 4) is 5.69 Å². The first-order chi connectivity index (χ1) is 14.2. The van der Waals surface area contributed by atoms with Crippen molar-refractivity contribution in [2.45, 2.75) is 51.1 Å². The van der Waals surface area contributed by atoms with Crippen molar-refractivity contribution in [1.29, 1.82) is 0 Å². The zero-order chi connectivity index (χ0) is 20.1. The van der Waals surface area contributed by atoms with E-state index in [0.717, 1.165) is 36.3 Å². The maximum Gasteiger partial charge on any atom is 0.191 e. The first kappa shape index (κ1) is 23.0. The lowest BCUT2D eigenvalue weighted by Gasteiger charge is -2.33. The Kier molecular flexibility index (Phi) is 8.50. The number of guanidine groups is 1. The molecule has 2 heterocycles. The molecule has 2 aliphatic rings. The third kappa shape index (κ3) is 6.41. The van der Waals surface area contributed by atoms with Crippen LogP contribution in [0.25, 0.3) is 5.69 Å². The number of nitrogens with one attached hydrogen (secondary N) is 2. The lowest BCUT2D eigenvalue weighted by molar-refractivity contribution is 0.197. The molecule has 0 spiro atoms. The largest absolute Gasteiger partial charge is 0.357 e. The van der Waals surface area contributed by atoms with Crippen molar-refractivity contribution in [2.75, 3.05) is 26.2 Å². The van der Waals surface area contributed by atoms with E-state index < -0.39 is 0 Å². The molecular formula is C22H32FIN6. The molecule has 1 saturated carbocycles. The average molecular weight is 526 g/mol. The number of aliphatic imine (C=N–C) groups is 1. The molecule has 1 saturated heterocycles. The van der Waals surface area contributed by atoms with E-state index >= 15 is 0 Å². The van der Waals surface area contributed by atoms with Gasteiger partial charge in [0.25, 0.3) is 0 Å². The maximum atomic E-state index is 13.1. The number of rotatable bonds is 7. The molecular weight excluding hydrogens is 494 g/mol. The molecule has 0 bridgehead atoms. The average Bonchev–Trinajstić information content (AvgIpc) is 3.48. The van der Waals surface area contributed by atoms with E-state index in [0.29, 0.717) is 12.6 Å². The smallest absolute Gasteiger partial charge is 0.191 e. The van der Waals surface area contributed by atoms with Crippen molar-refractivity contribution >= 4 is 29.9 Å². The minimum absolute atomic E-state index is 0. The summed E-state index contributed by atoms with van der Waals surface area (Å²) < 4.78 is 14.9. The van der Waals surface area contributed by atoms with Gasteiger partial charge in [0.15, 0.2) is 5.96 Å². The van der Waals surface area contributed by atoms with Crippen LogP contribution in [0.3, 0.4) is 0 Å². The van der Waals surface area contributed by atoms with Crippen molar-refractivity contribution in [2.24, 2.45) is 4.99 Å². The molecule has 164 valence electrons. The SMILES string of the molecule is CCNC(=NCCc1ccn(-c2ccc(F)cc2)n1)NC1CCN(C2CC2)CC1.I. The topological polar surface area (TPSA) is 57.5 Å². The maximum absolute atomic E-state index is 13.1. The van der Waals surface area contributed by atoms with Gasteiger partial charge in [-0.25, -0.2) is 9.07 Å². The highest BCUT2D eigenvalue weighted by molar-refractivity contribution is 14.0. The fraction of sp³-hybridized carbons (Fsp3) is 0.545. The van der Waals surface area contributed by atoms with Crippen LogP contribution in [0.5, 0.6) is 0 Å². The molecule has 30 heavy (non-hydrogen) atoms. The van der Waals surface area contributed by atoms with Gasteiger partial charge < -0.3 is 15.5 Å². The van der Waals surface area contributed by atoms with Gasteiger partial charge in [0.2, 0.25) is 0 Å². The van der Waals surface area contributed by atoms with Crippen LogP contribution in [0.1, 0.15) is 38.3 Å². The molecule has 0 radical (unpaired) electrons. The predicted octanol–water partition coefficient (Wildman–Crippen LogP) is 3.35. The van der Waals surface area contributed by atoms with Crippen LogP contribution in [0.15, 0.2) is 41.5 Å². The molecule has 4 rings (SSSR count). The molecule has 6 nitrogen and oxygen atoms in total. The fourth-order valence-electron chi connectivity index (χ4n) is 3.88. The minimum atomic E-state index is -0.239. The second-order valence-electron chi connectivity index (χ2n) is 7.92. The quantitative estimate of drug-likeness (QED) is 0.330. The summed E-state index contributed by atoms with van der Waals surface area (Å²) in [5.41, 5.74) is 1.83. The summed E-state index contributed by atoms with van der Waals surface area (Å²) in [5, 5.41) is 11.6. The van der Waals surface area contributed by atoms with Crippen LogP contribution in [0.2, 0.25) is 0 Å². The third-order valence-electron chi connectivity index (χ3n) is 5.65. The summed E-state index contributed by atoms with van der Waals surface area (Å²) in [6, 6.07) is 9.72. The van der Waals surface area contributed by atoms with E-state index in [1.165, 1.54) is 50.9 Å². The van der Waals surface area contributed by atoms with E-state index in [-0.39, 0.29) is 29.8 Å². The molecule has 2 N–H and O–H groups in total. The Morgan fingerprint density at radius 1 is 1.13 bits per heavy atom. The Balaban J connectivity index is 0.00000256. The highest BCUT2D eigenvalue weighted by Gasteiger charge is 2.31. The first-order valence-electron chi connectivity index (χ1n) is 10.8. The standard InChI is InChI=1S/C22H31FN6.HI/c1-2-24-22(26-18-10-14-28(15-11-18)20-7-8-20)25-13-9-19-12-16-29(27-19)21-5-3-17(23)4-6-21;/h3-6,12,16,18,20H,2,7-11,13-15H2,1H3,(H2,24,25,26);1H. The van der Waals surface area contributed by atoms with E-state index in [1.54, 1.807) is 16.8 Å². The summed E-state index contributed by atoms with van der Waals surface area (Å²) in [5.74, 6) is 0.660. The van der Waals surface area contributed by atoms with Crippen LogP contribution in [-0.4, -0.2) is 58.9 Å². The summed E-state index contributed by atoms with van der Waals surface area (Å²) in [6.07, 6.45) is 7.82. The molecule has 1 aromatic carbocycles. The molecule has 1 aliphatic heterocycles. The zero-order valence-electron chi connectivity index (χ0n) is 17.6. The van der Waals surface area contributed by atoms with Crippen molar-refractivity contribution in [1.82, 2.24) is 25.3 Å². The number of likely N-dealkylation sites (tertiary alicyclic amines) is 1. The number of piperidine rings is 1. The van der Waals surface area contributed by atoms with Gasteiger partial charge >= 0.3 is 0 Å². The van der Waals surface area contributed by atoms with Gasteiger partial charge in [-0.3, -0.25) is 4.99 Å². The second kappa shape index (κ2) is 11.1. The van der Waals surface area contributed by atoms with Gasteiger partial charge in [-0.15, -0.1) is 24.0 Å². The summed E-state index contributed by atoms with van der Waals surface area (Å²) in [4.78, 5) is 7.38. The van der Waals surface area contributed by atoms with E-state index in [1.807, 2.05) is 12.3 Å². The summed E-state index contributed by atoms with van der Waals surface area (Å²) in [7, 11) is 0. The number of nitrogens with zero attached hydrogens (tertiary/aromatic N) is 4. The van der Waals surface area contributed by atoms with E-state index in [9.17, 15) is 4.39 Å². The minimum Gasteiger partial charge on any atom is -0.357 e. The second-order valence-corrected chi connectivity index (χ2v) is 7.92. The van der Waals surface area contributed by atoms with Gasteiger partial charge in [0.1, 0.15) is 5.82 Å². The van der Waals surface area contributed by atoms with Gasteiger partial charge in [0, 0.05) is 50.9 Å². The number of halogens is 2. The van der Waals surface area contributed by atoms with Crippen LogP contribution in [-0.2, 0) is 6.42 Å². The van der Waals surface area contributed by atoms with Crippen LogP contribution < -0.4 is 10.6 Å². The summed E-state index contributed by atoms with van der Waals surface area (Å²) >= 11 is 0. The monoisotopic (exact) mass is 526 g/mol. The third-order valence-corrected chi connectivity index (χ3v) is 5.65. The normalized spacial score (nSPS) is 18.1. The lowest BCUT2D eigenvalue weighted by atomic mass is 10.1. The van der Waals surface area contributed by atoms with Crippen molar-refractivity contribution in [3.63, 3.8) is 0 Å². The van der Waals surface area contributed by atoms with Crippen LogP contribution in [0.4, 0.5) is 4.39 Å². The Hall–Kier alpha value is -1.68. The Labute approximate surface area is 195 Å². The number of hydrogen-bond donors (Lipinski definition) is 2. The predicted molar refractivity (Wildman–Crippen MR) is 129 cm³/mol. The van der Waals surface area contributed by atoms with Crippen LogP contribution in [0, 0.1) is 5.82 Å². The molecule has 1 aliphatic carbocycles. The fourth-order valence-corrected chi connectivity index (χ4v) is 3.88. The first-order valence-corrected chi connectivity index (χ1v) is 10.8. The highest BCUT2D eigenvalue weighted by atomic mass is 127. The van der Waals surface area contributed by atoms with Crippen molar-refractivity contribution in [3.05, 3.63) is 48.0 Å². The summed E-state index contributed by atoms with van der Waals surface area (Å²) in [6.45, 7) is 6.02. The Bertz CT molecular complexity index is 809. The van der Waals surface area contributed by atoms with Crippen LogP contribution >= 0.6 is 24.0 Å². The lowest BCUT2D eigenvalue weighted by Crippen LogP contribution is -2.49. The van der Waals surface area contributed by atoms with E-state index in [4.69, 9.17) is 4.99 Å². The molecule has 0 amide bonds. The Morgan fingerprint density at radius 2 is 1.87 bits per heavy atom. The van der Waals surface area contributed by atoms with Gasteiger partial charge in [-0.1, -0.05) is 0 Å². The number of hydrogen-bond acceptors (Lipinski definition) is 3. The van der Waals surface area contributed by atoms with E-state index in [2.05, 4.69) is 27.6 Å². The molecule has 0 atom stereocenters. The molecule has 8 heteroatoms. The zero-order valence-corrected chi connectivity index (χ0v) is 19.9. The molecule has 1 aromatic heterocycles.